The summed E-state index contributed by atoms with van der Waals surface area (Å²) in [5.74, 6) is 0.123. The van der Waals surface area contributed by atoms with Crippen molar-refractivity contribution in [3.8, 4) is 0 Å². The highest BCUT2D eigenvalue weighted by Gasteiger charge is 2.22. The predicted octanol–water partition coefficient (Wildman–Crippen LogP) is 2.72. The van der Waals surface area contributed by atoms with Crippen LogP contribution in [0.15, 0.2) is 0 Å². The number of amides is 1. The van der Waals surface area contributed by atoms with Gasteiger partial charge in [0.15, 0.2) is 0 Å². The lowest BCUT2D eigenvalue weighted by Crippen LogP contribution is -2.38. The van der Waals surface area contributed by atoms with E-state index in [-0.39, 0.29) is 24.1 Å². The standard InChI is InChI=1S/C16H32N2O3S/c1-2-3-4-5-6-7-8-9-13-22(20,21)18-15-11-10-12-17-16(19)14-15/h15,18H,2-14H2,1H3,(H,17,19)/t15-/m0/s1. The predicted molar refractivity (Wildman–Crippen MR) is 90.2 cm³/mol. The number of carbonyl (C=O) groups excluding carboxylic acids is 1. The molecule has 1 saturated heterocycles. The van der Waals surface area contributed by atoms with Crippen molar-refractivity contribution in [1.82, 2.24) is 10.0 Å². The van der Waals surface area contributed by atoms with Crippen LogP contribution < -0.4 is 10.0 Å². The van der Waals surface area contributed by atoms with Crippen LogP contribution in [0.4, 0.5) is 0 Å². The summed E-state index contributed by atoms with van der Waals surface area (Å²) in [6, 6.07) is -0.235. The Labute approximate surface area is 135 Å². The topological polar surface area (TPSA) is 75.3 Å². The fourth-order valence-corrected chi connectivity index (χ4v) is 4.22. The van der Waals surface area contributed by atoms with Gasteiger partial charge in [0.2, 0.25) is 15.9 Å². The Morgan fingerprint density at radius 1 is 1.09 bits per heavy atom. The molecular formula is C16H32N2O3S. The minimum atomic E-state index is -3.25. The SMILES string of the molecule is CCCCCCCCCCS(=O)(=O)N[C@H]1CCCNC(=O)C1. The summed E-state index contributed by atoms with van der Waals surface area (Å²) in [5, 5.41) is 2.77. The number of nitrogens with one attached hydrogen (secondary N) is 2. The second-order valence-corrected chi connectivity index (χ2v) is 8.18. The van der Waals surface area contributed by atoms with Crippen LogP contribution in [0.1, 0.15) is 77.6 Å². The second-order valence-electron chi connectivity index (χ2n) is 6.30. The number of unbranched alkanes of at least 4 members (excludes halogenated alkanes) is 7. The average Bonchev–Trinajstić information content (AvgIpc) is 2.65. The van der Waals surface area contributed by atoms with E-state index in [4.69, 9.17) is 0 Å². The first-order valence-electron chi connectivity index (χ1n) is 8.80. The van der Waals surface area contributed by atoms with Gasteiger partial charge in [0.1, 0.15) is 0 Å². The molecule has 5 nitrogen and oxygen atoms in total. The monoisotopic (exact) mass is 332 g/mol. The second kappa shape index (κ2) is 11.0. The summed E-state index contributed by atoms with van der Waals surface area (Å²) in [7, 11) is -3.25. The minimum absolute atomic E-state index is 0.0581. The summed E-state index contributed by atoms with van der Waals surface area (Å²) in [4.78, 5) is 11.4. The van der Waals surface area contributed by atoms with Gasteiger partial charge in [0.25, 0.3) is 0 Å². The molecule has 1 amide bonds. The van der Waals surface area contributed by atoms with E-state index in [0.29, 0.717) is 13.0 Å². The molecule has 0 aromatic rings. The van der Waals surface area contributed by atoms with Crippen molar-refractivity contribution in [2.45, 2.75) is 83.6 Å². The molecule has 22 heavy (non-hydrogen) atoms. The maximum atomic E-state index is 12.0. The first-order valence-corrected chi connectivity index (χ1v) is 10.5. The Balaban J connectivity index is 2.14. The number of hydrogen-bond donors (Lipinski definition) is 2. The molecule has 0 spiro atoms. The summed E-state index contributed by atoms with van der Waals surface area (Å²) in [5.41, 5.74) is 0. The number of sulfonamides is 1. The van der Waals surface area contributed by atoms with Gasteiger partial charge in [0, 0.05) is 19.0 Å². The van der Waals surface area contributed by atoms with Gasteiger partial charge in [-0.1, -0.05) is 51.9 Å². The number of carbonyl (C=O) groups is 1. The van der Waals surface area contributed by atoms with Crippen LogP contribution in [0.2, 0.25) is 0 Å². The molecule has 130 valence electrons. The van der Waals surface area contributed by atoms with Crippen LogP contribution in [-0.4, -0.2) is 32.7 Å². The summed E-state index contributed by atoms with van der Waals surface area (Å²) >= 11 is 0. The van der Waals surface area contributed by atoms with Crippen molar-refractivity contribution in [2.24, 2.45) is 0 Å². The molecule has 6 heteroatoms. The van der Waals surface area contributed by atoms with Crippen molar-refractivity contribution in [2.75, 3.05) is 12.3 Å². The molecule has 2 N–H and O–H groups in total. The van der Waals surface area contributed by atoms with E-state index in [1.54, 1.807) is 0 Å². The largest absolute Gasteiger partial charge is 0.356 e. The molecule has 0 saturated carbocycles. The average molecular weight is 333 g/mol. The zero-order valence-corrected chi connectivity index (χ0v) is 14.7. The minimum Gasteiger partial charge on any atom is -0.356 e. The normalized spacial score (nSPS) is 19.7. The molecule has 0 unspecified atom stereocenters. The van der Waals surface area contributed by atoms with Gasteiger partial charge in [-0.25, -0.2) is 13.1 Å². The van der Waals surface area contributed by atoms with Crippen LogP contribution in [0.5, 0.6) is 0 Å². The van der Waals surface area contributed by atoms with E-state index < -0.39 is 10.0 Å². The summed E-state index contributed by atoms with van der Waals surface area (Å²) < 4.78 is 26.8. The van der Waals surface area contributed by atoms with E-state index in [1.165, 1.54) is 32.1 Å². The highest BCUT2D eigenvalue weighted by Crippen LogP contribution is 2.11. The first-order chi connectivity index (χ1) is 10.5. The maximum Gasteiger partial charge on any atom is 0.221 e. The van der Waals surface area contributed by atoms with Crippen LogP contribution in [0, 0.1) is 0 Å². The molecule has 0 aliphatic carbocycles. The third kappa shape index (κ3) is 9.41. The zero-order valence-electron chi connectivity index (χ0n) is 13.9. The lowest BCUT2D eigenvalue weighted by atomic mass is 10.1. The molecule has 0 radical (unpaired) electrons. The maximum absolute atomic E-state index is 12.0. The van der Waals surface area contributed by atoms with E-state index in [0.717, 1.165) is 25.7 Å². The Hall–Kier alpha value is -0.620. The molecule has 1 fully saturated rings. The van der Waals surface area contributed by atoms with Gasteiger partial charge in [-0.2, -0.15) is 0 Å². The lowest BCUT2D eigenvalue weighted by molar-refractivity contribution is -0.121. The fraction of sp³-hybridized carbons (Fsp3) is 0.938. The number of hydrogen-bond acceptors (Lipinski definition) is 3. The van der Waals surface area contributed by atoms with Crippen LogP contribution >= 0.6 is 0 Å². The Morgan fingerprint density at radius 3 is 2.41 bits per heavy atom. The number of rotatable bonds is 11. The van der Waals surface area contributed by atoms with Crippen molar-refractivity contribution < 1.29 is 13.2 Å². The molecular weight excluding hydrogens is 300 g/mol. The van der Waals surface area contributed by atoms with Gasteiger partial charge in [-0.05, 0) is 19.3 Å². The molecule has 1 aliphatic heterocycles. The van der Waals surface area contributed by atoms with Crippen molar-refractivity contribution in [3.63, 3.8) is 0 Å². The van der Waals surface area contributed by atoms with E-state index >= 15 is 0 Å². The van der Waals surface area contributed by atoms with Gasteiger partial charge < -0.3 is 5.32 Å². The Bertz CT molecular complexity index is 410. The third-order valence-electron chi connectivity index (χ3n) is 4.10. The third-order valence-corrected chi connectivity index (χ3v) is 5.61. The van der Waals surface area contributed by atoms with E-state index in [2.05, 4.69) is 17.0 Å². The van der Waals surface area contributed by atoms with E-state index in [9.17, 15) is 13.2 Å². The van der Waals surface area contributed by atoms with E-state index in [1.807, 2.05) is 0 Å². The van der Waals surface area contributed by atoms with Gasteiger partial charge >= 0.3 is 0 Å². The molecule has 0 aromatic carbocycles. The molecule has 1 aliphatic rings. The smallest absolute Gasteiger partial charge is 0.221 e. The Kier molecular flexibility index (Phi) is 9.71. The highest BCUT2D eigenvalue weighted by molar-refractivity contribution is 7.89. The molecule has 1 atom stereocenters. The van der Waals surface area contributed by atoms with Crippen molar-refractivity contribution in [1.29, 1.82) is 0 Å². The van der Waals surface area contributed by atoms with Gasteiger partial charge in [-0.3, -0.25) is 4.79 Å². The quantitative estimate of drug-likeness (QED) is 0.571. The molecule has 0 bridgehead atoms. The summed E-state index contributed by atoms with van der Waals surface area (Å²) in [6.07, 6.45) is 10.9. The fourth-order valence-electron chi connectivity index (χ4n) is 2.81. The van der Waals surface area contributed by atoms with Gasteiger partial charge in [-0.15, -0.1) is 0 Å². The molecule has 1 rings (SSSR count). The van der Waals surface area contributed by atoms with Gasteiger partial charge in [0.05, 0.1) is 5.75 Å². The van der Waals surface area contributed by atoms with Crippen molar-refractivity contribution in [3.05, 3.63) is 0 Å². The van der Waals surface area contributed by atoms with Crippen LogP contribution in [0.3, 0.4) is 0 Å². The Morgan fingerprint density at radius 2 is 1.73 bits per heavy atom. The molecule has 1 heterocycles. The summed E-state index contributed by atoms with van der Waals surface area (Å²) in [6.45, 7) is 2.85. The first kappa shape index (κ1) is 19.4. The highest BCUT2D eigenvalue weighted by atomic mass is 32.2. The zero-order chi connectivity index (χ0) is 16.3. The van der Waals surface area contributed by atoms with Crippen LogP contribution in [0.25, 0.3) is 0 Å². The molecule has 0 aromatic heterocycles. The van der Waals surface area contributed by atoms with Crippen LogP contribution in [-0.2, 0) is 14.8 Å². The lowest BCUT2D eigenvalue weighted by Gasteiger charge is -2.15. The van der Waals surface area contributed by atoms with Crippen molar-refractivity contribution >= 4 is 15.9 Å².